The molecule has 0 aliphatic carbocycles. The first-order chi connectivity index (χ1) is 10.6. The molecular weight excluding hydrogens is 282 g/mol. The van der Waals surface area contributed by atoms with Gasteiger partial charge in [0.05, 0.1) is 26.0 Å². The van der Waals surface area contributed by atoms with Crippen molar-refractivity contribution in [3.8, 4) is 11.5 Å². The minimum Gasteiger partial charge on any atom is -0.493 e. The molecule has 2 aromatic rings. The molecule has 116 valence electrons. The average Bonchev–Trinajstić information content (AvgIpc) is 2.98. The highest BCUT2D eigenvalue weighted by Crippen LogP contribution is 2.33. The van der Waals surface area contributed by atoms with E-state index in [4.69, 9.17) is 9.47 Å². The fourth-order valence-electron chi connectivity index (χ4n) is 2.79. The molecule has 1 N–H and O–H groups in total. The summed E-state index contributed by atoms with van der Waals surface area (Å²) in [6.45, 7) is 3.11. The Morgan fingerprint density at radius 3 is 2.50 bits per heavy atom. The average molecular weight is 301 g/mol. The standard InChI is InChI=1S/C16H19N3O3/c1-10-13(8-17-18-10)16(20)19-5-4-11-6-14(21-2)15(22-3)7-12(11)9-19/h6-8H,4-5,9H2,1-3H3,(H,17,18). The number of benzene rings is 1. The third-order valence-electron chi connectivity index (χ3n) is 4.07. The van der Waals surface area contributed by atoms with E-state index < -0.39 is 0 Å². The van der Waals surface area contributed by atoms with Crippen LogP contribution in [0.5, 0.6) is 11.5 Å². The van der Waals surface area contributed by atoms with Crippen LogP contribution in [0.2, 0.25) is 0 Å². The van der Waals surface area contributed by atoms with Gasteiger partial charge in [-0.15, -0.1) is 0 Å². The number of aryl methyl sites for hydroxylation is 1. The lowest BCUT2D eigenvalue weighted by Gasteiger charge is -2.29. The van der Waals surface area contributed by atoms with Crippen LogP contribution in [-0.2, 0) is 13.0 Å². The first-order valence-corrected chi connectivity index (χ1v) is 7.17. The Kier molecular flexibility index (Phi) is 3.75. The topological polar surface area (TPSA) is 67.5 Å². The molecule has 0 unspecified atom stereocenters. The fraction of sp³-hybridized carbons (Fsp3) is 0.375. The molecule has 1 aromatic carbocycles. The summed E-state index contributed by atoms with van der Waals surface area (Å²) in [5, 5.41) is 6.73. The second kappa shape index (κ2) is 5.71. The molecule has 1 amide bonds. The van der Waals surface area contributed by atoms with Gasteiger partial charge in [-0.25, -0.2) is 0 Å². The highest BCUT2D eigenvalue weighted by atomic mass is 16.5. The van der Waals surface area contributed by atoms with Crippen LogP contribution in [0, 0.1) is 6.92 Å². The second-order valence-corrected chi connectivity index (χ2v) is 5.36. The molecule has 0 radical (unpaired) electrons. The summed E-state index contributed by atoms with van der Waals surface area (Å²) >= 11 is 0. The molecular formula is C16H19N3O3. The van der Waals surface area contributed by atoms with Crippen LogP contribution in [0.15, 0.2) is 18.3 Å². The van der Waals surface area contributed by atoms with Crippen molar-refractivity contribution in [3.05, 3.63) is 40.7 Å². The Balaban J connectivity index is 1.87. The molecule has 1 aliphatic rings. The van der Waals surface area contributed by atoms with Gasteiger partial charge in [-0.1, -0.05) is 0 Å². The van der Waals surface area contributed by atoms with Crippen molar-refractivity contribution >= 4 is 5.91 Å². The van der Waals surface area contributed by atoms with Crippen molar-refractivity contribution in [2.24, 2.45) is 0 Å². The molecule has 0 saturated carbocycles. The van der Waals surface area contributed by atoms with E-state index in [-0.39, 0.29) is 5.91 Å². The third-order valence-corrected chi connectivity index (χ3v) is 4.07. The van der Waals surface area contributed by atoms with Gasteiger partial charge in [0, 0.05) is 18.8 Å². The first-order valence-electron chi connectivity index (χ1n) is 7.17. The SMILES string of the molecule is COc1cc2c(cc1OC)CN(C(=O)c1cn[nH]c1C)CC2. The number of amides is 1. The van der Waals surface area contributed by atoms with E-state index >= 15 is 0 Å². The molecule has 3 rings (SSSR count). The number of aromatic nitrogens is 2. The summed E-state index contributed by atoms with van der Waals surface area (Å²) < 4.78 is 10.7. The number of carbonyl (C=O) groups excluding carboxylic acids is 1. The quantitative estimate of drug-likeness (QED) is 0.940. The maximum absolute atomic E-state index is 12.6. The molecule has 0 bridgehead atoms. The Bertz CT molecular complexity index is 709. The van der Waals surface area contributed by atoms with Crippen LogP contribution in [0.25, 0.3) is 0 Å². The van der Waals surface area contributed by atoms with Crippen molar-refractivity contribution in [2.75, 3.05) is 20.8 Å². The summed E-state index contributed by atoms with van der Waals surface area (Å²) in [6.07, 6.45) is 2.39. The van der Waals surface area contributed by atoms with Crippen LogP contribution in [0.4, 0.5) is 0 Å². The Hall–Kier alpha value is -2.50. The third kappa shape index (κ3) is 2.41. The van der Waals surface area contributed by atoms with Crippen molar-refractivity contribution in [1.29, 1.82) is 0 Å². The number of fused-ring (bicyclic) bond motifs is 1. The lowest BCUT2D eigenvalue weighted by Crippen LogP contribution is -2.36. The largest absolute Gasteiger partial charge is 0.493 e. The zero-order valence-corrected chi connectivity index (χ0v) is 13.0. The normalized spacial score (nSPS) is 13.7. The molecule has 6 nitrogen and oxygen atoms in total. The number of nitrogens with zero attached hydrogens (tertiary/aromatic N) is 2. The number of H-pyrrole nitrogens is 1. The lowest BCUT2D eigenvalue weighted by molar-refractivity contribution is 0.0733. The molecule has 0 saturated heterocycles. The minimum atomic E-state index is 0.00619. The van der Waals surface area contributed by atoms with E-state index in [1.165, 1.54) is 5.56 Å². The van der Waals surface area contributed by atoms with E-state index in [0.29, 0.717) is 24.4 Å². The van der Waals surface area contributed by atoms with Gasteiger partial charge in [0.1, 0.15) is 0 Å². The summed E-state index contributed by atoms with van der Waals surface area (Å²) in [6, 6.07) is 3.95. The van der Waals surface area contributed by atoms with Gasteiger partial charge in [-0.3, -0.25) is 9.89 Å². The van der Waals surface area contributed by atoms with E-state index in [0.717, 1.165) is 23.4 Å². The van der Waals surface area contributed by atoms with Crippen molar-refractivity contribution in [2.45, 2.75) is 19.9 Å². The molecule has 0 fully saturated rings. The van der Waals surface area contributed by atoms with Gasteiger partial charge < -0.3 is 14.4 Å². The zero-order valence-electron chi connectivity index (χ0n) is 13.0. The van der Waals surface area contributed by atoms with E-state index in [2.05, 4.69) is 10.2 Å². The maximum Gasteiger partial charge on any atom is 0.257 e. The number of aromatic amines is 1. The van der Waals surface area contributed by atoms with Crippen LogP contribution in [-0.4, -0.2) is 41.8 Å². The predicted molar refractivity (Wildman–Crippen MR) is 81.3 cm³/mol. The van der Waals surface area contributed by atoms with Gasteiger partial charge in [0.25, 0.3) is 5.91 Å². The summed E-state index contributed by atoms with van der Waals surface area (Å²) in [5.41, 5.74) is 3.72. The summed E-state index contributed by atoms with van der Waals surface area (Å²) in [5.74, 6) is 1.42. The Morgan fingerprint density at radius 2 is 1.91 bits per heavy atom. The predicted octanol–water partition coefficient (Wildman–Crippen LogP) is 1.93. The van der Waals surface area contributed by atoms with Crippen molar-refractivity contribution < 1.29 is 14.3 Å². The lowest BCUT2D eigenvalue weighted by atomic mass is 9.98. The Morgan fingerprint density at radius 1 is 1.23 bits per heavy atom. The maximum atomic E-state index is 12.6. The van der Waals surface area contributed by atoms with Crippen LogP contribution < -0.4 is 9.47 Å². The molecule has 1 aliphatic heterocycles. The van der Waals surface area contributed by atoms with Crippen LogP contribution >= 0.6 is 0 Å². The van der Waals surface area contributed by atoms with E-state index in [9.17, 15) is 4.79 Å². The Labute approximate surface area is 129 Å². The van der Waals surface area contributed by atoms with Crippen LogP contribution in [0.1, 0.15) is 27.2 Å². The number of nitrogens with one attached hydrogen (secondary N) is 1. The van der Waals surface area contributed by atoms with Crippen LogP contribution in [0.3, 0.4) is 0 Å². The summed E-state index contributed by atoms with van der Waals surface area (Å²) in [4.78, 5) is 14.4. The first kappa shape index (κ1) is 14.4. The van der Waals surface area contributed by atoms with Crippen molar-refractivity contribution in [1.82, 2.24) is 15.1 Å². The monoisotopic (exact) mass is 301 g/mol. The van der Waals surface area contributed by atoms with Gasteiger partial charge >= 0.3 is 0 Å². The molecule has 22 heavy (non-hydrogen) atoms. The van der Waals surface area contributed by atoms with Gasteiger partial charge in [-0.2, -0.15) is 5.10 Å². The number of methoxy groups -OCH3 is 2. The van der Waals surface area contributed by atoms with E-state index in [1.807, 2.05) is 24.0 Å². The molecule has 2 heterocycles. The van der Waals surface area contributed by atoms with Crippen molar-refractivity contribution in [3.63, 3.8) is 0 Å². The van der Waals surface area contributed by atoms with Gasteiger partial charge in [0.2, 0.25) is 0 Å². The molecule has 0 spiro atoms. The highest BCUT2D eigenvalue weighted by molar-refractivity contribution is 5.95. The van der Waals surface area contributed by atoms with Gasteiger partial charge in [-0.05, 0) is 36.6 Å². The highest BCUT2D eigenvalue weighted by Gasteiger charge is 2.25. The zero-order chi connectivity index (χ0) is 15.7. The number of rotatable bonds is 3. The summed E-state index contributed by atoms with van der Waals surface area (Å²) in [7, 11) is 3.25. The number of ether oxygens (including phenoxy) is 2. The smallest absolute Gasteiger partial charge is 0.257 e. The number of hydrogen-bond acceptors (Lipinski definition) is 4. The minimum absolute atomic E-state index is 0.00619. The molecule has 0 atom stereocenters. The second-order valence-electron chi connectivity index (χ2n) is 5.36. The fourth-order valence-corrected chi connectivity index (χ4v) is 2.79. The number of carbonyl (C=O) groups is 1. The number of hydrogen-bond donors (Lipinski definition) is 1. The van der Waals surface area contributed by atoms with Gasteiger partial charge in [0.15, 0.2) is 11.5 Å². The molecule has 6 heteroatoms. The van der Waals surface area contributed by atoms with E-state index in [1.54, 1.807) is 20.4 Å². The molecule has 1 aromatic heterocycles.